The van der Waals surface area contributed by atoms with Crippen molar-refractivity contribution in [2.45, 2.75) is 82.8 Å². The molecular weight excluding hydrogens is 587 g/mol. The second kappa shape index (κ2) is 11.4. The number of nitrogens with zero attached hydrogens (tertiary/aromatic N) is 2. The van der Waals surface area contributed by atoms with Gasteiger partial charge in [0.1, 0.15) is 11.2 Å². The molecule has 0 spiro atoms. The molecule has 210 valence electrons. The number of ether oxygens (including phenoxy) is 2. The number of rotatable bonds is 7. The molecule has 0 saturated carbocycles. The minimum Gasteiger partial charge on any atom is -0.355 e. The van der Waals surface area contributed by atoms with Gasteiger partial charge in [0, 0.05) is 29.2 Å². The molecule has 2 fully saturated rings. The van der Waals surface area contributed by atoms with E-state index in [4.69, 9.17) is 21.1 Å². The molecule has 4 rings (SSSR count). The third-order valence-electron chi connectivity index (χ3n) is 7.34. The number of nitriles is 1. The molecule has 1 aromatic heterocycles. The second-order valence-corrected chi connectivity index (χ2v) is 13.3. The number of nitrogens with one attached hydrogen (secondary N) is 2. The Balaban J connectivity index is 1.75. The van der Waals surface area contributed by atoms with Gasteiger partial charge < -0.3 is 20.1 Å². The molecule has 0 aliphatic carbocycles. The lowest BCUT2D eigenvalue weighted by Crippen LogP contribution is -2.46. The summed E-state index contributed by atoms with van der Waals surface area (Å²) in [5, 5.41) is 17.3. The largest absolute Gasteiger partial charge is 0.355 e. The number of amides is 1. The normalized spacial score (nSPS) is 28.3. The van der Waals surface area contributed by atoms with Crippen LogP contribution in [0, 0.1) is 22.6 Å². The van der Waals surface area contributed by atoms with E-state index in [1.54, 1.807) is 30.5 Å². The maximum absolute atomic E-state index is 15.7. The van der Waals surface area contributed by atoms with Crippen molar-refractivity contribution >= 4 is 33.4 Å². The maximum atomic E-state index is 15.7. The SMILES string of the molecule is CC(C)(C)CC1NC(C(=O)NCC[C@H]2COC(C)(C)O2)C(c2cccc(Cl)c2F)C1(C#N)c1ccc(Br)cn1. The van der Waals surface area contributed by atoms with Crippen LogP contribution < -0.4 is 10.6 Å². The molecule has 2 aromatic rings. The summed E-state index contributed by atoms with van der Waals surface area (Å²) in [6.45, 7) is 10.7. The number of hydrogen-bond donors (Lipinski definition) is 2. The van der Waals surface area contributed by atoms with Crippen molar-refractivity contribution < 1.29 is 18.7 Å². The number of aromatic nitrogens is 1. The number of pyridine rings is 1. The highest BCUT2D eigenvalue weighted by atomic mass is 79.9. The molecule has 3 heterocycles. The standard InChI is InChI=1S/C29H35BrClFN4O3/c1-27(2,3)13-22-29(16-33,21-10-9-17(30)14-35-21)23(19-7-6-8-20(31)24(19)32)25(36-22)26(37)34-12-11-18-15-38-28(4,5)39-18/h6-10,14,18,22-23,25,36H,11-13,15H2,1-5H3,(H,34,37)/t18-,22?,23?,25?,29?/m0/s1. The first-order chi connectivity index (χ1) is 18.3. The molecule has 0 bridgehead atoms. The number of benzene rings is 1. The number of carbonyl (C=O) groups is 1. The van der Waals surface area contributed by atoms with E-state index in [0.717, 1.165) is 4.47 Å². The van der Waals surface area contributed by atoms with E-state index in [1.807, 2.05) is 13.8 Å². The third kappa shape index (κ3) is 6.31. The molecule has 4 unspecified atom stereocenters. The fourth-order valence-corrected chi connectivity index (χ4v) is 6.12. The molecule has 2 saturated heterocycles. The molecule has 2 N–H and O–H groups in total. The van der Waals surface area contributed by atoms with Crippen LogP contribution in [0.5, 0.6) is 0 Å². The van der Waals surface area contributed by atoms with Crippen molar-refractivity contribution in [2.75, 3.05) is 13.2 Å². The summed E-state index contributed by atoms with van der Waals surface area (Å²) in [6, 6.07) is 9.37. The van der Waals surface area contributed by atoms with E-state index in [9.17, 15) is 10.1 Å². The second-order valence-electron chi connectivity index (χ2n) is 12.0. The van der Waals surface area contributed by atoms with Gasteiger partial charge >= 0.3 is 0 Å². The molecule has 2 aliphatic heterocycles. The molecule has 1 aromatic carbocycles. The molecule has 39 heavy (non-hydrogen) atoms. The average molecular weight is 622 g/mol. The molecular formula is C29H35BrClFN4O3. The highest BCUT2D eigenvalue weighted by molar-refractivity contribution is 9.10. The van der Waals surface area contributed by atoms with Crippen LogP contribution in [0.1, 0.15) is 64.6 Å². The fourth-order valence-electron chi connectivity index (χ4n) is 5.70. The van der Waals surface area contributed by atoms with E-state index in [0.29, 0.717) is 31.7 Å². The zero-order valence-electron chi connectivity index (χ0n) is 22.9. The molecule has 5 atom stereocenters. The van der Waals surface area contributed by atoms with Crippen molar-refractivity contribution in [3.8, 4) is 6.07 Å². The van der Waals surface area contributed by atoms with Crippen LogP contribution in [-0.2, 0) is 19.7 Å². The third-order valence-corrected chi connectivity index (χ3v) is 8.10. The van der Waals surface area contributed by atoms with E-state index in [2.05, 4.69) is 58.4 Å². The zero-order valence-corrected chi connectivity index (χ0v) is 25.2. The summed E-state index contributed by atoms with van der Waals surface area (Å²) in [5.74, 6) is -2.52. The van der Waals surface area contributed by atoms with Gasteiger partial charge in [-0.25, -0.2) is 4.39 Å². The van der Waals surface area contributed by atoms with Crippen LogP contribution in [0.25, 0.3) is 0 Å². The molecule has 10 heteroatoms. The van der Waals surface area contributed by atoms with Crippen LogP contribution in [0.3, 0.4) is 0 Å². The van der Waals surface area contributed by atoms with Crippen LogP contribution >= 0.6 is 27.5 Å². The van der Waals surface area contributed by atoms with Crippen LogP contribution in [0.4, 0.5) is 4.39 Å². The first kappa shape index (κ1) is 29.9. The Morgan fingerprint density at radius 3 is 2.67 bits per heavy atom. The molecule has 7 nitrogen and oxygen atoms in total. The Hall–Kier alpha value is -2.09. The average Bonchev–Trinajstić information content (AvgIpc) is 3.37. The van der Waals surface area contributed by atoms with Crippen molar-refractivity contribution in [1.29, 1.82) is 5.26 Å². The van der Waals surface area contributed by atoms with Crippen LogP contribution in [-0.4, -0.2) is 48.0 Å². The smallest absolute Gasteiger partial charge is 0.237 e. The van der Waals surface area contributed by atoms with Gasteiger partial charge in [0.25, 0.3) is 0 Å². The molecule has 2 aliphatic rings. The van der Waals surface area contributed by atoms with Crippen molar-refractivity contribution in [3.63, 3.8) is 0 Å². The molecule has 1 amide bonds. The van der Waals surface area contributed by atoms with Crippen LogP contribution in [0.2, 0.25) is 5.02 Å². The minimum atomic E-state index is -1.35. The topological polar surface area (TPSA) is 96.3 Å². The summed E-state index contributed by atoms with van der Waals surface area (Å²) < 4.78 is 27.9. The molecule has 0 radical (unpaired) electrons. The summed E-state index contributed by atoms with van der Waals surface area (Å²) in [5.41, 5.74) is -0.890. The van der Waals surface area contributed by atoms with Gasteiger partial charge in [0.05, 0.1) is 35.5 Å². The van der Waals surface area contributed by atoms with Gasteiger partial charge in [0.2, 0.25) is 5.91 Å². The van der Waals surface area contributed by atoms with Crippen molar-refractivity contribution in [2.24, 2.45) is 5.41 Å². The minimum absolute atomic E-state index is 0.0671. The lowest BCUT2D eigenvalue weighted by Gasteiger charge is -2.36. The quantitative estimate of drug-likeness (QED) is 0.417. The summed E-state index contributed by atoms with van der Waals surface area (Å²) >= 11 is 9.63. The highest BCUT2D eigenvalue weighted by Gasteiger charge is 2.61. The van der Waals surface area contributed by atoms with Gasteiger partial charge in [-0.2, -0.15) is 5.26 Å². The van der Waals surface area contributed by atoms with E-state index >= 15 is 4.39 Å². The number of carbonyl (C=O) groups excluding carboxylic acids is 1. The van der Waals surface area contributed by atoms with E-state index < -0.39 is 35.0 Å². The fraction of sp³-hybridized carbons (Fsp3) is 0.552. The van der Waals surface area contributed by atoms with Crippen molar-refractivity contribution in [1.82, 2.24) is 15.6 Å². The van der Waals surface area contributed by atoms with E-state index in [1.165, 1.54) is 6.07 Å². The first-order valence-electron chi connectivity index (χ1n) is 13.1. The monoisotopic (exact) mass is 620 g/mol. The Bertz CT molecular complexity index is 1250. The van der Waals surface area contributed by atoms with E-state index in [-0.39, 0.29) is 28.0 Å². The lowest BCUT2D eigenvalue weighted by molar-refractivity contribution is -0.138. The summed E-state index contributed by atoms with van der Waals surface area (Å²) in [4.78, 5) is 18.4. The predicted octanol–water partition coefficient (Wildman–Crippen LogP) is 5.62. The van der Waals surface area contributed by atoms with Gasteiger partial charge in [0.15, 0.2) is 5.79 Å². The van der Waals surface area contributed by atoms with Crippen molar-refractivity contribution in [3.05, 3.63) is 63.1 Å². The zero-order chi connectivity index (χ0) is 28.6. The summed E-state index contributed by atoms with van der Waals surface area (Å²) in [6.07, 6.45) is 2.58. The van der Waals surface area contributed by atoms with Crippen LogP contribution in [0.15, 0.2) is 41.0 Å². The lowest BCUT2D eigenvalue weighted by atomic mass is 9.64. The van der Waals surface area contributed by atoms with Gasteiger partial charge in [-0.3, -0.25) is 9.78 Å². The maximum Gasteiger partial charge on any atom is 0.237 e. The van der Waals surface area contributed by atoms with Gasteiger partial charge in [-0.1, -0.05) is 44.5 Å². The highest BCUT2D eigenvalue weighted by Crippen LogP contribution is 2.51. The van der Waals surface area contributed by atoms with Gasteiger partial charge in [-0.05, 0) is 71.8 Å². The first-order valence-corrected chi connectivity index (χ1v) is 14.3. The Labute approximate surface area is 242 Å². The number of hydrogen-bond acceptors (Lipinski definition) is 6. The number of halogens is 3. The predicted molar refractivity (Wildman–Crippen MR) is 151 cm³/mol. The Kier molecular flexibility index (Phi) is 8.75. The van der Waals surface area contributed by atoms with Gasteiger partial charge in [-0.15, -0.1) is 0 Å². The summed E-state index contributed by atoms with van der Waals surface area (Å²) in [7, 11) is 0. The Morgan fingerprint density at radius 1 is 1.33 bits per heavy atom. The Morgan fingerprint density at radius 2 is 2.08 bits per heavy atom.